The lowest BCUT2D eigenvalue weighted by atomic mass is 9.98. The van der Waals surface area contributed by atoms with E-state index >= 15 is 0 Å². The fourth-order valence-corrected chi connectivity index (χ4v) is 4.37. The second-order valence-corrected chi connectivity index (χ2v) is 8.38. The van der Waals surface area contributed by atoms with E-state index < -0.39 is 0 Å². The van der Waals surface area contributed by atoms with Gasteiger partial charge in [0.2, 0.25) is 0 Å². The van der Waals surface area contributed by atoms with Crippen LogP contribution < -0.4 is 10.5 Å². The number of nitrogens with one attached hydrogen (secondary N) is 1. The van der Waals surface area contributed by atoms with Gasteiger partial charge in [-0.25, -0.2) is 4.98 Å². The molecule has 0 saturated carbocycles. The molecule has 1 N–H and O–H groups in total. The normalized spacial score (nSPS) is 11.5. The monoisotopic (exact) mass is 399 g/mol. The van der Waals surface area contributed by atoms with Crippen molar-refractivity contribution < 1.29 is 0 Å². The highest BCUT2D eigenvalue weighted by molar-refractivity contribution is 5.94. The van der Waals surface area contributed by atoms with Gasteiger partial charge in [-0.1, -0.05) is 51.1 Å². The number of hydrogen-bond donors (Lipinski definition) is 1. The molecule has 0 aliphatic heterocycles. The van der Waals surface area contributed by atoms with Crippen molar-refractivity contribution in [2.24, 2.45) is 0 Å². The zero-order chi connectivity index (χ0) is 21.4. The molecule has 0 amide bonds. The summed E-state index contributed by atoms with van der Waals surface area (Å²) in [5.74, 6) is 1.42. The lowest BCUT2D eigenvalue weighted by molar-refractivity contribution is 0.859. The molecule has 0 radical (unpaired) electrons. The summed E-state index contributed by atoms with van der Waals surface area (Å²) in [6, 6.07) is 14.8. The second-order valence-electron chi connectivity index (χ2n) is 8.38. The summed E-state index contributed by atoms with van der Waals surface area (Å²) >= 11 is 0. The largest absolute Gasteiger partial charge is 0.355 e. The maximum Gasteiger partial charge on any atom is 0.251 e. The molecule has 4 rings (SSSR count). The fourth-order valence-electron chi connectivity index (χ4n) is 4.37. The molecule has 154 valence electrons. The number of hydrogen-bond acceptors (Lipinski definition) is 3. The number of aromatic nitrogens is 2. The minimum Gasteiger partial charge on any atom is -0.355 e. The average molecular weight is 400 g/mol. The Bertz CT molecular complexity index is 1290. The molecule has 0 spiro atoms. The summed E-state index contributed by atoms with van der Waals surface area (Å²) in [4.78, 5) is 22.2. The molecular weight excluding hydrogens is 370 g/mol. The highest BCUT2D eigenvalue weighted by atomic mass is 16.1. The molecule has 2 aromatic heterocycles. The number of aryl methyl sites for hydroxylation is 1. The highest BCUT2D eigenvalue weighted by Gasteiger charge is 2.14. The van der Waals surface area contributed by atoms with E-state index in [4.69, 9.17) is 4.98 Å². The molecule has 4 aromatic rings. The van der Waals surface area contributed by atoms with Crippen molar-refractivity contribution in [2.45, 2.75) is 46.6 Å². The van der Waals surface area contributed by atoms with E-state index in [1.165, 1.54) is 21.9 Å². The number of benzene rings is 2. The van der Waals surface area contributed by atoms with Gasteiger partial charge in [0.1, 0.15) is 5.82 Å². The van der Waals surface area contributed by atoms with Gasteiger partial charge in [0.15, 0.2) is 0 Å². The smallest absolute Gasteiger partial charge is 0.251 e. The van der Waals surface area contributed by atoms with E-state index in [2.05, 4.69) is 74.1 Å². The Morgan fingerprint density at radius 1 is 1.07 bits per heavy atom. The summed E-state index contributed by atoms with van der Waals surface area (Å²) in [7, 11) is 2.09. The van der Waals surface area contributed by atoms with Gasteiger partial charge in [-0.15, -0.1) is 0 Å². The topological polar surface area (TPSA) is 49.0 Å². The van der Waals surface area contributed by atoms with Crippen LogP contribution in [-0.4, -0.2) is 17.0 Å². The van der Waals surface area contributed by atoms with Crippen molar-refractivity contribution in [3.05, 3.63) is 81.3 Å². The minimum absolute atomic E-state index is 0.00475. The lowest BCUT2D eigenvalue weighted by Crippen LogP contribution is -2.19. The predicted molar refractivity (Wildman–Crippen MR) is 127 cm³/mol. The molecule has 4 nitrogen and oxygen atoms in total. The van der Waals surface area contributed by atoms with Gasteiger partial charge in [-0.3, -0.25) is 4.79 Å². The molecule has 0 unspecified atom stereocenters. The van der Waals surface area contributed by atoms with E-state index in [9.17, 15) is 4.79 Å². The van der Waals surface area contributed by atoms with Crippen molar-refractivity contribution in [3.8, 4) is 0 Å². The Morgan fingerprint density at radius 2 is 1.80 bits per heavy atom. The number of H-pyrrole nitrogens is 1. The van der Waals surface area contributed by atoms with Crippen molar-refractivity contribution in [2.75, 3.05) is 11.9 Å². The number of fused-ring (bicyclic) bond motifs is 2. The van der Waals surface area contributed by atoms with Gasteiger partial charge in [0.05, 0.1) is 0 Å². The quantitative estimate of drug-likeness (QED) is 0.468. The van der Waals surface area contributed by atoms with Crippen LogP contribution in [0.25, 0.3) is 21.7 Å². The summed E-state index contributed by atoms with van der Waals surface area (Å²) in [5.41, 5.74) is 5.32. The standard InChI is InChI=1S/C26H29N3O/c1-6-19-17(4)26(30)28-24-12-11-18(13-22(19)24)15-29(5)25-21-10-8-7-9-20(21)23(14-27-25)16(2)3/h7-14,16H,6,15H2,1-5H3,(H,28,30). The SMILES string of the molecule is CCc1c(C)c(=O)[nH]c2ccc(CN(C)c3ncc(C(C)C)c4ccccc34)cc12. The van der Waals surface area contributed by atoms with Crippen LogP contribution in [0.3, 0.4) is 0 Å². The molecule has 4 heteroatoms. The van der Waals surface area contributed by atoms with E-state index in [1.54, 1.807) is 0 Å². The van der Waals surface area contributed by atoms with E-state index in [1.807, 2.05) is 19.2 Å². The number of nitrogens with zero attached hydrogens (tertiary/aromatic N) is 2. The summed E-state index contributed by atoms with van der Waals surface area (Å²) in [6.45, 7) is 9.17. The van der Waals surface area contributed by atoms with Crippen molar-refractivity contribution >= 4 is 27.5 Å². The summed E-state index contributed by atoms with van der Waals surface area (Å²) in [6.07, 6.45) is 2.86. The molecule has 0 aliphatic rings. The van der Waals surface area contributed by atoms with Crippen molar-refractivity contribution in [3.63, 3.8) is 0 Å². The molecule has 2 aromatic carbocycles. The molecule has 2 heterocycles. The average Bonchev–Trinajstić information content (AvgIpc) is 2.74. The Kier molecular flexibility index (Phi) is 5.33. The third kappa shape index (κ3) is 3.47. The minimum atomic E-state index is 0.00475. The van der Waals surface area contributed by atoms with Gasteiger partial charge in [-0.05, 0) is 53.5 Å². The molecule has 30 heavy (non-hydrogen) atoms. The first-order valence-electron chi connectivity index (χ1n) is 10.6. The number of anilines is 1. The summed E-state index contributed by atoms with van der Waals surface area (Å²) in [5, 5.41) is 3.58. The second kappa shape index (κ2) is 7.94. The van der Waals surface area contributed by atoms with Gasteiger partial charge in [0.25, 0.3) is 5.56 Å². The van der Waals surface area contributed by atoms with Crippen molar-refractivity contribution in [1.29, 1.82) is 0 Å². The van der Waals surface area contributed by atoms with Crippen LogP contribution in [0.15, 0.2) is 53.5 Å². The third-order valence-corrected chi connectivity index (χ3v) is 6.01. The highest BCUT2D eigenvalue weighted by Crippen LogP contribution is 2.31. The Morgan fingerprint density at radius 3 is 2.50 bits per heavy atom. The zero-order valence-corrected chi connectivity index (χ0v) is 18.4. The molecule has 0 aliphatic carbocycles. The van der Waals surface area contributed by atoms with Crippen molar-refractivity contribution in [1.82, 2.24) is 9.97 Å². The first-order valence-corrected chi connectivity index (χ1v) is 10.6. The first kappa shape index (κ1) is 20.1. The van der Waals surface area contributed by atoms with Crippen LogP contribution in [0.4, 0.5) is 5.82 Å². The predicted octanol–water partition coefficient (Wildman–Crippen LogP) is 5.71. The maximum atomic E-state index is 12.2. The van der Waals surface area contributed by atoms with Crippen LogP contribution in [0.1, 0.15) is 48.9 Å². The molecule has 0 bridgehead atoms. The van der Waals surface area contributed by atoms with Gasteiger partial charge < -0.3 is 9.88 Å². The van der Waals surface area contributed by atoms with Crippen LogP contribution >= 0.6 is 0 Å². The first-order chi connectivity index (χ1) is 14.4. The van der Waals surface area contributed by atoms with Crippen LogP contribution in [0, 0.1) is 6.92 Å². The zero-order valence-electron chi connectivity index (χ0n) is 18.4. The number of pyridine rings is 2. The van der Waals surface area contributed by atoms with Crippen LogP contribution in [-0.2, 0) is 13.0 Å². The van der Waals surface area contributed by atoms with Gasteiger partial charge >= 0.3 is 0 Å². The Labute approximate surface area is 177 Å². The fraction of sp³-hybridized carbons (Fsp3) is 0.308. The van der Waals surface area contributed by atoms with E-state index in [-0.39, 0.29) is 5.56 Å². The van der Waals surface area contributed by atoms with Crippen LogP contribution in [0.5, 0.6) is 0 Å². The van der Waals surface area contributed by atoms with Gasteiger partial charge in [0, 0.05) is 41.6 Å². The molecule has 0 fully saturated rings. The van der Waals surface area contributed by atoms with E-state index in [0.29, 0.717) is 5.92 Å². The van der Waals surface area contributed by atoms with Crippen LogP contribution in [0.2, 0.25) is 0 Å². The summed E-state index contributed by atoms with van der Waals surface area (Å²) < 4.78 is 0. The molecule has 0 saturated heterocycles. The maximum absolute atomic E-state index is 12.2. The number of rotatable bonds is 5. The number of aromatic amines is 1. The Hall–Kier alpha value is -3.14. The molecular formula is C26H29N3O. The van der Waals surface area contributed by atoms with E-state index in [0.717, 1.165) is 40.8 Å². The Balaban J connectivity index is 1.75. The lowest BCUT2D eigenvalue weighted by Gasteiger charge is -2.22. The third-order valence-electron chi connectivity index (χ3n) is 6.01. The molecule has 0 atom stereocenters. The van der Waals surface area contributed by atoms with Gasteiger partial charge in [-0.2, -0.15) is 0 Å².